The average molecular weight is 645 g/mol. The van der Waals surface area contributed by atoms with Gasteiger partial charge in [-0.05, 0) is 6.42 Å². The number of alkyl halides is 1. The topological polar surface area (TPSA) is 126 Å². The van der Waals surface area contributed by atoms with Gasteiger partial charge in [0.05, 0.1) is 13.2 Å². The summed E-state index contributed by atoms with van der Waals surface area (Å²) in [5.74, 6) is 0. The Morgan fingerprint density at radius 2 is 1.31 bits per heavy atom. The molecular formula is C27H53BrN2O8P-. The van der Waals surface area contributed by atoms with Crippen LogP contribution in [0.1, 0.15) is 110 Å². The van der Waals surface area contributed by atoms with Crippen LogP contribution >= 0.6 is 23.8 Å². The monoisotopic (exact) mass is 643 g/mol. The molecule has 0 aromatic rings. The fourth-order valence-corrected chi connectivity index (χ4v) is 4.96. The zero-order valence-corrected chi connectivity index (χ0v) is 26.9. The smallest absolute Gasteiger partial charge is 0.409 e. The molecule has 0 radical (unpaired) electrons. The number of ether oxygens (including phenoxy) is 2. The molecule has 0 aliphatic heterocycles. The molecule has 0 saturated carbocycles. The van der Waals surface area contributed by atoms with Gasteiger partial charge in [0.25, 0.3) is 7.82 Å². The SMILES string of the molecule is CCCCCCCCCCCCCCCCCCNC(=O)OCC(COP(=O)([O-])OCCBr)OC(=O)N(C)C. The molecule has 0 aromatic heterocycles. The van der Waals surface area contributed by atoms with Gasteiger partial charge in [-0.15, -0.1) is 0 Å². The van der Waals surface area contributed by atoms with E-state index in [0.29, 0.717) is 11.9 Å². The van der Waals surface area contributed by atoms with Crippen molar-refractivity contribution in [3.63, 3.8) is 0 Å². The second-order valence-corrected chi connectivity index (χ2v) is 12.2. The van der Waals surface area contributed by atoms with Gasteiger partial charge < -0.3 is 33.6 Å². The predicted octanol–water partition coefficient (Wildman–Crippen LogP) is 6.94. The first-order valence-corrected chi connectivity index (χ1v) is 17.2. The predicted molar refractivity (Wildman–Crippen MR) is 156 cm³/mol. The Bertz CT molecular complexity index is 657. The molecule has 39 heavy (non-hydrogen) atoms. The van der Waals surface area contributed by atoms with E-state index < -0.39 is 32.7 Å². The third-order valence-electron chi connectivity index (χ3n) is 6.08. The van der Waals surface area contributed by atoms with Crippen LogP contribution in [0.5, 0.6) is 0 Å². The highest BCUT2D eigenvalue weighted by molar-refractivity contribution is 9.09. The number of carbonyl (C=O) groups is 2. The maximum atomic E-state index is 12.0. The second-order valence-electron chi connectivity index (χ2n) is 9.99. The van der Waals surface area contributed by atoms with E-state index in [1.165, 1.54) is 102 Å². The first-order chi connectivity index (χ1) is 18.7. The number of amides is 2. The van der Waals surface area contributed by atoms with Crippen LogP contribution < -0.4 is 10.2 Å². The molecule has 0 bridgehead atoms. The molecule has 0 saturated heterocycles. The lowest BCUT2D eigenvalue weighted by Gasteiger charge is -2.26. The van der Waals surface area contributed by atoms with E-state index in [-0.39, 0.29) is 13.2 Å². The van der Waals surface area contributed by atoms with E-state index in [1.54, 1.807) is 0 Å². The molecule has 2 unspecified atom stereocenters. The number of hydrogen-bond acceptors (Lipinski definition) is 8. The highest BCUT2D eigenvalue weighted by Gasteiger charge is 2.21. The summed E-state index contributed by atoms with van der Waals surface area (Å²) in [6, 6.07) is 0. The minimum absolute atomic E-state index is 0.0960. The van der Waals surface area contributed by atoms with Crippen molar-refractivity contribution in [2.24, 2.45) is 0 Å². The Morgan fingerprint density at radius 3 is 1.77 bits per heavy atom. The molecule has 12 heteroatoms. The molecule has 232 valence electrons. The first-order valence-electron chi connectivity index (χ1n) is 14.7. The van der Waals surface area contributed by atoms with Crippen molar-refractivity contribution in [1.82, 2.24) is 10.2 Å². The van der Waals surface area contributed by atoms with E-state index in [0.717, 1.165) is 19.3 Å². The molecule has 0 rings (SSSR count). The van der Waals surface area contributed by atoms with Crippen LogP contribution in [-0.4, -0.2) is 69.0 Å². The highest BCUT2D eigenvalue weighted by atomic mass is 79.9. The van der Waals surface area contributed by atoms with E-state index in [9.17, 15) is 19.0 Å². The van der Waals surface area contributed by atoms with Crippen molar-refractivity contribution in [1.29, 1.82) is 0 Å². The normalized spacial score (nSPS) is 13.5. The zero-order chi connectivity index (χ0) is 29.2. The largest absolute Gasteiger partial charge is 0.756 e. The fraction of sp³-hybridized carbons (Fsp3) is 0.926. The van der Waals surface area contributed by atoms with E-state index in [4.69, 9.17) is 14.0 Å². The summed E-state index contributed by atoms with van der Waals surface area (Å²) in [6.07, 6.45) is 18.0. The number of halogens is 1. The number of nitrogens with zero attached hydrogens (tertiary/aromatic N) is 1. The van der Waals surface area contributed by atoms with Crippen molar-refractivity contribution < 1.29 is 37.6 Å². The van der Waals surface area contributed by atoms with Gasteiger partial charge in [0.15, 0.2) is 6.10 Å². The molecule has 0 heterocycles. The molecule has 0 aliphatic rings. The van der Waals surface area contributed by atoms with Gasteiger partial charge in [0, 0.05) is 26.0 Å². The van der Waals surface area contributed by atoms with Gasteiger partial charge >= 0.3 is 12.2 Å². The van der Waals surface area contributed by atoms with Crippen LogP contribution in [0, 0.1) is 0 Å². The van der Waals surface area contributed by atoms with Crippen molar-refractivity contribution >= 4 is 35.9 Å². The Balaban J connectivity index is 3.85. The standard InChI is InChI=1S/C27H54BrN2O8P/c1-4-5-6-7-8-9-10-11-12-13-14-15-16-17-18-19-21-29-26(31)35-23-25(38-27(32)30(2)3)24-37-39(33,34)36-22-20-28/h25H,4-24H2,1-3H3,(H,29,31)(H,33,34)/p-1. The van der Waals surface area contributed by atoms with Gasteiger partial charge in [-0.3, -0.25) is 4.57 Å². The summed E-state index contributed by atoms with van der Waals surface area (Å²) in [5.41, 5.74) is 0. The van der Waals surface area contributed by atoms with E-state index in [2.05, 4.69) is 32.7 Å². The summed E-state index contributed by atoms with van der Waals surface area (Å²) >= 11 is 3.05. The van der Waals surface area contributed by atoms with Crippen LogP contribution in [-0.2, 0) is 23.1 Å². The van der Waals surface area contributed by atoms with Gasteiger partial charge in [-0.1, -0.05) is 119 Å². The van der Waals surface area contributed by atoms with Crippen molar-refractivity contribution in [2.75, 3.05) is 45.8 Å². The first kappa shape index (κ1) is 38.1. The molecule has 2 atom stereocenters. The molecule has 1 N–H and O–H groups in total. The molecule has 0 aromatic carbocycles. The number of phosphoric acid groups is 1. The number of rotatable bonds is 26. The quantitative estimate of drug-likeness (QED) is 0.0610. The minimum Gasteiger partial charge on any atom is -0.756 e. The highest BCUT2D eigenvalue weighted by Crippen LogP contribution is 2.38. The fourth-order valence-electron chi connectivity index (χ4n) is 3.81. The van der Waals surface area contributed by atoms with Crippen molar-refractivity contribution in [3.05, 3.63) is 0 Å². The number of carbonyl (C=O) groups excluding carboxylic acids is 2. The maximum Gasteiger partial charge on any atom is 0.409 e. The van der Waals surface area contributed by atoms with E-state index in [1.807, 2.05) is 0 Å². The summed E-state index contributed by atoms with van der Waals surface area (Å²) in [7, 11) is -1.62. The molecular weight excluding hydrogens is 591 g/mol. The third kappa shape index (κ3) is 25.8. The number of phosphoric ester groups is 1. The van der Waals surface area contributed by atoms with E-state index >= 15 is 0 Å². The van der Waals surface area contributed by atoms with Crippen molar-refractivity contribution in [3.8, 4) is 0 Å². The summed E-state index contributed by atoms with van der Waals surface area (Å²) in [6.45, 7) is 1.75. The van der Waals surface area contributed by atoms with Crippen LogP contribution in [0.25, 0.3) is 0 Å². The second kappa shape index (κ2) is 26.1. The van der Waals surface area contributed by atoms with Crippen molar-refractivity contribution in [2.45, 2.75) is 116 Å². The Morgan fingerprint density at radius 1 is 0.821 bits per heavy atom. The Kier molecular flexibility index (Phi) is 25.5. The van der Waals surface area contributed by atoms with Gasteiger partial charge in [0.2, 0.25) is 0 Å². The summed E-state index contributed by atoms with van der Waals surface area (Å²) in [4.78, 5) is 36.7. The molecule has 0 spiro atoms. The van der Waals surface area contributed by atoms with Crippen LogP contribution in [0.4, 0.5) is 9.59 Å². The molecule has 0 fully saturated rings. The number of unbranched alkanes of at least 4 members (excludes halogenated alkanes) is 15. The summed E-state index contributed by atoms with van der Waals surface area (Å²) in [5, 5.41) is 2.97. The number of alkyl carbamates (subject to hydrolysis) is 1. The third-order valence-corrected chi connectivity index (χ3v) is 7.37. The lowest BCUT2D eigenvalue weighted by Crippen LogP contribution is -2.36. The number of nitrogens with one attached hydrogen (secondary N) is 1. The van der Waals surface area contributed by atoms with Crippen LogP contribution in [0.2, 0.25) is 0 Å². The average Bonchev–Trinajstić information content (AvgIpc) is 2.90. The number of hydrogen-bond donors (Lipinski definition) is 1. The van der Waals surface area contributed by atoms with Crippen LogP contribution in [0.3, 0.4) is 0 Å². The summed E-state index contributed by atoms with van der Waals surface area (Å²) < 4.78 is 31.3. The molecule has 0 aliphatic carbocycles. The minimum atomic E-state index is -4.57. The maximum absolute atomic E-state index is 12.0. The lowest BCUT2D eigenvalue weighted by atomic mass is 10.0. The van der Waals surface area contributed by atoms with Crippen LogP contribution in [0.15, 0.2) is 0 Å². The van der Waals surface area contributed by atoms with Gasteiger partial charge in [-0.2, -0.15) is 0 Å². The zero-order valence-electron chi connectivity index (χ0n) is 24.5. The lowest BCUT2D eigenvalue weighted by molar-refractivity contribution is -0.227. The van der Waals surface area contributed by atoms with Gasteiger partial charge in [-0.25, -0.2) is 9.59 Å². The van der Waals surface area contributed by atoms with Gasteiger partial charge in [0.1, 0.15) is 6.61 Å². The Labute approximate surface area is 245 Å². The molecule has 10 nitrogen and oxygen atoms in total. The molecule has 2 amide bonds. The Hall–Kier alpha value is -0.870.